The van der Waals surface area contributed by atoms with Crippen LogP contribution < -0.4 is 0 Å². The normalized spacial score (nSPS) is 14.6. The molecule has 0 saturated heterocycles. The van der Waals surface area contributed by atoms with Gasteiger partial charge in [0.25, 0.3) is 11.8 Å². The summed E-state index contributed by atoms with van der Waals surface area (Å²) in [6.45, 7) is 14.3. The number of amides is 2. The summed E-state index contributed by atoms with van der Waals surface area (Å²) >= 11 is 3.55. The number of hydrogen-bond donors (Lipinski definition) is 0. The monoisotopic (exact) mass is 1120 g/mol. The van der Waals surface area contributed by atoms with Crippen molar-refractivity contribution < 1.29 is 22.8 Å². The lowest BCUT2D eigenvalue weighted by atomic mass is 9.93. The number of unbranched alkanes of at least 4 members (excludes halogenated alkanes) is 16. The highest BCUT2D eigenvalue weighted by molar-refractivity contribution is 7.29. The Labute approximate surface area is 490 Å². The predicted molar refractivity (Wildman–Crippen MR) is 341 cm³/mol. The Balaban J connectivity index is 1.09. The second kappa shape index (κ2) is 27.9. The Bertz CT molecular complexity index is 3430. The summed E-state index contributed by atoms with van der Waals surface area (Å²) in [4.78, 5) is 37.9. The van der Waals surface area contributed by atoms with Crippen LogP contribution in [0.25, 0.3) is 75.6 Å². The smallest absolute Gasteiger partial charge is 0.261 e. The van der Waals surface area contributed by atoms with Gasteiger partial charge in [-0.1, -0.05) is 217 Å². The maximum atomic E-state index is 15.9. The quantitative estimate of drug-likeness (QED) is 0.0383. The molecule has 7 heterocycles. The van der Waals surface area contributed by atoms with Crippen molar-refractivity contribution in [2.24, 2.45) is 11.8 Å². The van der Waals surface area contributed by atoms with Gasteiger partial charge < -0.3 is 23.1 Å². The lowest BCUT2D eigenvalue weighted by molar-refractivity contribution is -0.124. The summed E-state index contributed by atoms with van der Waals surface area (Å²) in [7, 11) is 0. The number of carbonyl (C=O) groups excluding carboxylic acids is 2. The molecule has 2 amide bonds. The summed E-state index contributed by atoms with van der Waals surface area (Å²) in [6, 6.07) is 33.7. The predicted octanol–water partition coefficient (Wildman–Crippen LogP) is 22.1. The number of nitrogens with zero attached hydrogens (tertiary/aromatic N) is 2. The zero-order valence-corrected chi connectivity index (χ0v) is 51.2. The number of aryl methyl sites for hydroxylation is 2. The molecule has 0 bridgehead atoms. The zero-order valence-electron chi connectivity index (χ0n) is 49.5. The van der Waals surface area contributed by atoms with Crippen molar-refractivity contribution in [3.63, 3.8) is 0 Å². The number of thiophene rings is 2. The molecule has 428 valence electrons. The van der Waals surface area contributed by atoms with E-state index in [0.29, 0.717) is 58.8 Å². The summed E-state index contributed by atoms with van der Waals surface area (Å²) in [5.74, 6) is 3.83. The second-order valence-electron chi connectivity index (χ2n) is 23.6. The molecule has 10 rings (SSSR count). The van der Waals surface area contributed by atoms with Crippen LogP contribution in [-0.2, 0) is 9.59 Å². The molecular weight excluding hydrogens is 1040 g/mol. The van der Waals surface area contributed by atoms with Crippen LogP contribution in [0.15, 0.2) is 121 Å². The van der Waals surface area contributed by atoms with Gasteiger partial charge in [0.1, 0.15) is 34.3 Å². The third-order valence-electron chi connectivity index (χ3n) is 17.3. The Hall–Kier alpha value is -5.90. The van der Waals surface area contributed by atoms with Gasteiger partial charge in [0.05, 0.1) is 25.4 Å². The Morgan fingerprint density at radius 2 is 0.914 bits per heavy atom. The third-order valence-corrected chi connectivity index (χ3v) is 19.7. The fourth-order valence-corrected chi connectivity index (χ4v) is 15.3. The first kappa shape index (κ1) is 58.3. The molecule has 7 nitrogen and oxygen atoms in total. The first-order valence-electron chi connectivity index (χ1n) is 31.6. The highest BCUT2D eigenvalue weighted by atomic mass is 32.1. The van der Waals surface area contributed by atoms with Crippen LogP contribution in [0, 0.1) is 25.7 Å². The molecule has 0 aliphatic carbocycles. The Morgan fingerprint density at radius 1 is 0.457 bits per heavy atom. The minimum atomic E-state index is -0.114. The molecule has 2 aliphatic heterocycles. The minimum Gasteiger partial charge on any atom is -0.460 e. The molecule has 81 heavy (non-hydrogen) atoms. The summed E-state index contributed by atoms with van der Waals surface area (Å²) in [5.41, 5.74) is 6.28. The van der Waals surface area contributed by atoms with Crippen molar-refractivity contribution in [3.05, 3.63) is 130 Å². The highest BCUT2D eigenvalue weighted by Gasteiger charge is 2.51. The number of benzene rings is 3. The van der Waals surface area contributed by atoms with Crippen LogP contribution in [0.4, 0.5) is 0 Å². The van der Waals surface area contributed by atoms with Gasteiger partial charge >= 0.3 is 0 Å². The average Bonchev–Trinajstić information content (AvgIpc) is 4.55. The van der Waals surface area contributed by atoms with E-state index in [1.54, 1.807) is 22.7 Å². The van der Waals surface area contributed by atoms with Gasteiger partial charge in [0, 0.05) is 45.3 Å². The van der Waals surface area contributed by atoms with Crippen molar-refractivity contribution in [3.8, 4) is 33.1 Å². The molecular formula is C72H88N2O5S2. The van der Waals surface area contributed by atoms with Crippen molar-refractivity contribution >= 4 is 77.0 Å². The molecule has 0 radical (unpaired) electrons. The number of carbonyl (C=O) groups is 2. The highest BCUT2D eigenvalue weighted by Crippen LogP contribution is 2.53. The van der Waals surface area contributed by atoms with Gasteiger partial charge in [0.15, 0.2) is 11.5 Å². The van der Waals surface area contributed by atoms with E-state index in [1.165, 1.54) is 117 Å². The summed E-state index contributed by atoms with van der Waals surface area (Å²) in [6.07, 6.45) is 28.4. The van der Waals surface area contributed by atoms with E-state index in [2.05, 4.69) is 113 Å². The largest absolute Gasteiger partial charge is 0.460 e. The summed E-state index contributed by atoms with van der Waals surface area (Å²) in [5, 5.41) is 3.33. The van der Waals surface area contributed by atoms with E-state index in [4.69, 9.17) is 13.3 Å². The van der Waals surface area contributed by atoms with E-state index in [9.17, 15) is 0 Å². The fourth-order valence-electron chi connectivity index (χ4n) is 13.0. The maximum Gasteiger partial charge on any atom is 0.261 e. The molecule has 0 spiro atoms. The van der Waals surface area contributed by atoms with Crippen LogP contribution in [0.5, 0.6) is 0 Å². The SMILES string of the molecule is CCCCCCCCC(CCCCCC)CN1C(=O)C2=C(c3ccc(-c4cc5c(s4)c4sc(C)cc4c4oc(-c6ccccc6)c(-c6ccccc6)c54)o3)N(CC(CCCCCC)CCCCCCCC)C(=O)C2=C1c1ccc(C)o1. The molecule has 2 aliphatic rings. The average molecular weight is 1130 g/mol. The third kappa shape index (κ3) is 13.0. The second-order valence-corrected chi connectivity index (χ2v) is 25.9. The Kier molecular flexibility index (Phi) is 20.1. The first-order valence-corrected chi connectivity index (χ1v) is 33.2. The minimum absolute atomic E-state index is 0.114. The topological polar surface area (TPSA) is 80.0 Å². The first-order chi connectivity index (χ1) is 39.7. The van der Waals surface area contributed by atoms with E-state index >= 15 is 9.59 Å². The summed E-state index contributed by atoms with van der Waals surface area (Å²) < 4.78 is 23.2. The van der Waals surface area contributed by atoms with Crippen LogP contribution in [-0.4, -0.2) is 34.7 Å². The molecule has 2 atom stereocenters. The van der Waals surface area contributed by atoms with Crippen LogP contribution in [0.2, 0.25) is 0 Å². The van der Waals surface area contributed by atoms with Gasteiger partial charge in [-0.05, 0) is 93.3 Å². The van der Waals surface area contributed by atoms with Gasteiger partial charge in [-0.15, -0.1) is 22.7 Å². The van der Waals surface area contributed by atoms with Gasteiger partial charge in [-0.2, -0.15) is 0 Å². The van der Waals surface area contributed by atoms with Crippen molar-refractivity contribution in [2.45, 2.75) is 196 Å². The molecule has 5 aromatic heterocycles. The van der Waals surface area contributed by atoms with Crippen molar-refractivity contribution in [1.29, 1.82) is 0 Å². The lowest BCUT2D eigenvalue weighted by Crippen LogP contribution is -2.34. The maximum absolute atomic E-state index is 15.9. The van der Waals surface area contributed by atoms with Gasteiger partial charge in [-0.25, -0.2) is 0 Å². The van der Waals surface area contributed by atoms with E-state index in [0.717, 1.165) is 106 Å². The number of furan rings is 3. The van der Waals surface area contributed by atoms with Crippen molar-refractivity contribution in [1.82, 2.24) is 9.80 Å². The van der Waals surface area contributed by atoms with Crippen molar-refractivity contribution in [2.75, 3.05) is 13.1 Å². The molecule has 3 aromatic carbocycles. The number of hydrogen-bond acceptors (Lipinski definition) is 7. The van der Waals surface area contributed by atoms with E-state index in [1.807, 2.05) is 34.9 Å². The lowest BCUT2D eigenvalue weighted by Gasteiger charge is -2.29. The van der Waals surface area contributed by atoms with Crippen LogP contribution in [0.3, 0.4) is 0 Å². The molecule has 9 heteroatoms. The molecule has 0 N–H and O–H groups in total. The van der Waals surface area contributed by atoms with Crippen LogP contribution in [0.1, 0.15) is 204 Å². The fraction of sp³-hybridized carbons (Fsp3) is 0.472. The van der Waals surface area contributed by atoms with E-state index in [-0.39, 0.29) is 17.7 Å². The van der Waals surface area contributed by atoms with E-state index < -0.39 is 0 Å². The molecule has 0 saturated carbocycles. The standard InChI is InChI=1S/C72H88N2O5S2/c1-7-11-15-19-21-27-35-51(33-25-17-13-9-3)47-73-65(58-42-41-49(5)77-58)63-64(72(73)76)66(74(71(63)75)48-52(34-26-18-14-10-4)36-28-22-20-16-12-8-2)59-44-43-57(78-59)60-46-55-62-61(53-37-29-23-30-38-53)67(54-39-31-24-32-40-54)79-68(62)56-45-50(6)80-70(56)69(55)81-60/h23-24,29-32,37-46,51-52H,7-22,25-28,33-36,47-48H2,1-6H3. The number of fused-ring (bicyclic) bond motifs is 7. The Morgan fingerprint density at radius 3 is 1.43 bits per heavy atom. The molecule has 2 unspecified atom stereocenters. The molecule has 8 aromatic rings. The van der Waals surface area contributed by atoms with Gasteiger partial charge in [0.2, 0.25) is 0 Å². The zero-order chi connectivity index (χ0) is 56.2. The van der Waals surface area contributed by atoms with Crippen LogP contribution >= 0.6 is 22.7 Å². The number of rotatable bonds is 33. The van der Waals surface area contributed by atoms with Gasteiger partial charge in [-0.3, -0.25) is 9.59 Å². The molecule has 0 fully saturated rings.